The fourth-order valence-electron chi connectivity index (χ4n) is 2.73. The lowest BCUT2D eigenvalue weighted by atomic mass is 10.1. The van der Waals surface area contributed by atoms with Crippen molar-refractivity contribution in [3.05, 3.63) is 58.6 Å². The number of hydrogen-bond donors (Lipinski definition) is 0. The number of carbonyl (C=O) groups is 2. The predicted molar refractivity (Wildman–Crippen MR) is 114 cm³/mol. The van der Waals surface area contributed by atoms with E-state index < -0.39 is 28.4 Å². The Kier molecular flexibility index (Phi) is 8.40. The zero-order chi connectivity index (χ0) is 22.3. The Morgan fingerprint density at radius 1 is 1.00 bits per heavy atom. The summed E-state index contributed by atoms with van der Waals surface area (Å²) < 4.78 is 37.0. The van der Waals surface area contributed by atoms with Gasteiger partial charge in [-0.2, -0.15) is 4.31 Å². The summed E-state index contributed by atoms with van der Waals surface area (Å²) in [5.74, 6) is -0.658. The SMILES string of the molecule is CCOc1ccc(C(=O)COC(=O)c2cc(S(=O)(=O)N(CC)CC)ccc2Cl)cc1. The van der Waals surface area contributed by atoms with E-state index in [2.05, 4.69) is 0 Å². The van der Waals surface area contributed by atoms with Crippen LogP contribution in [0.3, 0.4) is 0 Å². The largest absolute Gasteiger partial charge is 0.494 e. The van der Waals surface area contributed by atoms with E-state index in [1.807, 2.05) is 6.92 Å². The van der Waals surface area contributed by atoms with E-state index in [0.717, 1.165) is 0 Å². The Morgan fingerprint density at radius 2 is 1.63 bits per heavy atom. The Hall–Kier alpha value is -2.42. The molecule has 0 aliphatic heterocycles. The molecule has 2 aromatic carbocycles. The molecule has 0 fully saturated rings. The van der Waals surface area contributed by atoms with Gasteiger partial charge >= 0.3 is 5.97 Å². The number of ether oxygens (including phenoxy) is 2. The van der Waals surface area contributed by atoms with Gasteiger partial charge in [0.15, 0.2) is 12.4 Å². The fraction of sp³-hybridized carbons (Fsp3) is 0.333. The first-order chi connectivity index (χ1) is 14.2. The zero-order valence-electron chi connectivity index (χ0n) is 17.1. The minimum Gasteiger partial charge on any atom is -0.494 e. The number of ketones is 1. The monoisotopic (exact) mass is 453 g/mol. The summed E-state index contributed by atoms with van der Waals surface area (Å²) in [6, 6.07) is 10.3. The summed E-state index contributed by atoms with van der Waals surface area (Å²) in [7, 11) is -3.77. The molecule has 0 radical (unpaired) electrons. The third-order valence-electron chi connectivity index (χ3n) is 4.32. The summed E-state index contributed by atoms with van der Waals surface area (Å²) in [6.07, 6.45) is 0. The van der Waals surface area contributed by atoms with Crippen LogP contribution in [-0.2, 0) is 14.8 Å². The smallest absolute Gasteiger partial charge is 0.340 e. The Morgan fingerprint density at radius 3 is 2.20 bits per heavy atom. The highest BCUT2D eigenvalue weighted by atomic mass is 35.5. The van der Waals surface area contributed by atoms with Crippen LogP contribution in [0.1, 0.15) is 41.5 Å². The molecule has 0 unspecified atom stereocenters. The van der Waals surface area contributed by atoms with Gasteiger partial charge in [-0.25, -0.2) is 13.2 Å². The lowest BCUT2D eigenvalue weighted by Crippen LogP contribution is -2.30. The minimum absolute atomic E-state index is 0.0343. The van der Waals surface area contributed by atoms with Crippen LogP contribution in [0.4, 0.5) is 0 Å². The molecule has 9 heteroatoms. The van der Waals surface area contributed by atoms with Crippen LogP contribution in [0.15, 0.2) is 47.4 Å². The first kappa shape index (κ1) is 23.9. The van der Waals surface area contributed by atoms with Gasteiger partial charge < -0.3 is 9.47 Å². The number of esters is 1. The van der Waals surface area contributed by atoms with E-state index >= 15 is 0 Å². The minimum atomic E-state index is -3.77. The molecule has 0 atom stereocenters. The van der Waals surface area contributed by atoms with Gasteiger partial charge in [-0.05, 0) is 49.4 Å². The van der Waals surface area contributed by atoms with E-state index in [1.54, 1.807) is 38.1 Å². The van der Waals surface area contributed by atoms with E-state index in [9.17, 15) is 18.0 Å². The summed E-state index contributed by atoms with van der Waals surface area (Å²) in [5.41, 5.74) is 0.236. The van der Waals surface area contributed by atoms with E-state index in [4.69, 9.17) is 21.1 Å². The molecule has 0 amide bonds. The van der Waals surface area contributed by atoms with E-state index in [-0.39, 0.29) is 28.6 Å². The van der Waals surface area contributed by atoms with Gasteiger partial charge in [0.2, 0.25) is 10.0 Å². The highest BCUT2D eigenvalue weighted by molar-refractivity contribution is 7.89. The van der Waals surface area contributed by atoms with Crippen molar-refractivity contribution < 1.29 is 27.5 Å². The molecule has 7 nitrogen and oxygen atoms in total. The van der Waals surface area contributed by atoms with Crippen LogP contribution < -0.4 is 4.74 Å². The Labute approximate surface area is 181 Å². The average molecular weight is 454 g/mol. The first-order valence-corrected chi connectivity index (χ1v) is 11.3. The summed E-state index contributed by atoms with van der Waals surface area (Å²) in [5, 5.41) is 0.0343. The molecule has 0 N–H and O–H groups in total. The van der Waals surface area contributed by atoms with Crippen LogP contribution in [-0.4, -0.2) is 50.8 Å². The zero-order valence-corrected chi connectivity index (χ0v) is 18.6. The normalized spacial score (nSPS) is 11.4. The molecule has 0 aliphatic carbocycles. The van der Waals surface area contributed by atoms with Crippen LogP contribution >= 0.6 is 11.6 Å². The lowest BCUT2D eigenvalue weighted by Gasteiger charge is -2.19. The number of carbonyl (C=O) groups excluding carboxylic acids is 2. The molecule has 0 aliphatic rings. The lowest BCUT2D eigenvalue weighted by molar-refractivity contribution is 0.0474. The molecule has 0 bridgehead atoms. The molecule has 2 aromatic rings. The molecule has 0 spiro atoms. The highest BCUT2D eigenvalue weighted by Gasteiger charge is 2.24. The van der Waals surface area contributed by atoms with Gasteiger partial charge in [0.25, 0.3) is 0 Å². The van der Waals surface area contributed by atoms with Crippen molar-refractivity contribution >= 4 is 33.4 Å². The summed E-state index contributed by atoms with van der Waals surface area (Å²) in [4.78, 5) is 24.6. The molecular weight excluding hydrogens is 430 g/mol. The Balaban J connectivity index is 2.14. The number of Topliss-reactive ketones (excluding diaryl/α,β-unsaturated/α-hetero) is 1. The highest BCUT2D eigenvalue weighted by Crippen LogP contribution is 2.24. The third kappa shape index (κ3) is 5.59. The Bertz CT molecular complexity index is 1000. The molecule has 0 heterocycles. The van der Waals surface area contributed by atoms with Crippen LogP contribution in [0.5, 0.6) is 5.75 Å². The second-order valence-corrected chi connectivity index (χ2v) is 8.53. The maximum atomic E-state index is 12.7. The van der Waals surface area contributed by atoms with Crippen molar-refractivity contribution in [2.45, 2.75) is 25.7 Å². The van der Waals surface area contributed by atoms with Crippen LogP contribution in [0, 0.1) is 0 Å². The maximum absolute atomic E-state index is 12.7. The van der Waals surface area contributed by atoms with E-state index in [1.165, 1.54) is 22.5 Å². The topological polar surface area (TPSA) is 90.0 Å². The number of hydrogen-bond acceptors (Lipinski definition) is 6. The first-order valence-electron chi connectivity index (χ1n) is 9.47. The van der Waals surface area contributed by atoms with Gasteiger partial charge in [-0.3, -0.25) is 4.79 Å². The number of halogens is 1. The van der Waals surface area contributed by atoms with Crippen molar-refractivity contribution in [3.63, 3.8) is 0 Å². The van der Waals surface area contributed by atoms with Crippen molar-refractivity contribution in [1.82, 2.24) is 4.31 Å². The number of rotatable bonds is 10. The molecule has 2 rings (SSSR count). The third-order valence-corrected chi connectivity index (χ3v) is 6.70. The van der Waals surface area contributed by atoms with Crippen LogP contribution in [0.2, 0.25) is 5.02 Å². The van der Waals surface area contributed by atoms with Crippen molar-refractivity contribution in [2.24, 2.45) is 0 Å². The molecule has 30 heavy (non-hydrogen) atoms. The molecule has 162 valence electrons. The summed E-state index contributed by atoms with van der Waals surface area (Å²) >= 11 is 6.06. The molecular formula is C21H24ClNO6S. The van der Waals surface area contributed by atoms with Gasteiger partial charge in [0, 0.05) is 18.7 Å². The van der Waals surface area contributed by atoms with Crippen molar-refractivity contribution in [2.75, 3.05) is 26.3 Å². The molecule has 0 aromatic heterocycles. The average Bonchev–Trinajstić information content (AvgIpc) is 2.73. The van der Waals surface area contributed by atoms with Gasteiger partial charge in [0.1, 0.15) is 5.75 Å². The number of nitrogens with zero attached hydrogens (tertiary/aromatic N) is 1. The maximum Gasteiger partial charge on any atom is 0.340 e. The second-order valence-electron chi connectivity index (χ2n) is 6.19. The van der Waals surface area contributed by atoms with Gasteiger partial charge in [-0.1, -0.05) is 25.4 Å². The summed E-state index contributed by atoms with van der Waals surface area (Å²) in [6.45, 7) is 5.88. The number of sulfonamides is 1. The fourth-order valence-corrected chi connectivity index (χ4v) is 4.41. The number of benzene rings is 2. The standard InChI is InChI=1S/C21H24ClNO6S/c1-4-23(5-2)30(26,27)17-11-12-19(22)18(13-17)21(25)29-14-20(24)15-7-9-16(10-8-15)28-6-3/h7-13H,4-6,14H2,1-3H3. The van der Waals surface area contributed by atoms with Gasteiger partial charge in [0.05, 0.1) is 22.1 Å². The van der Waals surface area contributed by atoms with E-state index in [0.29, 0.717) is 17.9 Å². The second kappa shape index (κ2) is 10.6. The predicted octanol–water partition coefficient (Wildman–Crippen LogP) is 3.81. The van der Waals surface area contributed by atoms with Crippen LogP contribution in [0.25, 0.3) is 0 Å². The molecule has 0 saturated heterocycles. The molecule has 0 saturated carbocycles. The van der Waals surface area contributed by atoms with Crippen molar-refractivity contribution in [3.8, 4) is 5.75 Å². The quantitative estimate of drug-likeness (QED) is 0.401. The van der Waals surface area contributed by atoms with Crippen molar-refractivity contribution in [1.29, 1.82) is 0 Å². The van der Waals surface area contributed by atoms with Gasteiger partial charge in [-0.15, -0.1) is 0 Å².